The molecule has 1 N–H and O–H groups in total. The van der Waals surface area contributed by atoms with E-state index in [1.54, 1.807) is 6.07 Å². The molecular formula is C23H30N2O6S. The fourth-order valence-electron chi connectivity index (χ4n) is 3.61. The molecule has 1 saturated heterocycles. The predicted molar refractivity (Wildman–Crippen MR) is 121 cm³/mol. The highest BCUT2D eigenvalue weighted by molar-refractivity contribution is 7.89. The normalized spacial score (nSPS) is 15.2. The van der Waals surface area contributed by atoms with Gasteiger partial charge in [-0.15, -0.1) is 0 Å². The maximum atomic E-state index is 13.0. The van der Waals surface area contributed by atoms with Gasteiger partial charge in [-0.2, -0.15) is 4.31 Å². The van der Waals surface area contributed by atoms with Gasteiger partial charge in [0.05, 0.1) is 25.7 Å². The fraction of sp³-hybridized carbons (Fsp3) is 0.435. The molecule has 2 aromatic carbocycles. The zero-order chi connectivity index (χ0) is 23.1. The first kappa shape index (κ1) is 23.9. The van der Waals surface area contributed by atoms with Crippen LogP contribution in [0.4, 0.5) is 0 Å². The van der Waals surface area contributed by atoms with Crippen LogP contribution in [0.5, 0.6) is 17.2 Å². The summed E-state index contributed by atoms with van der Waals surface area (Å²) < 4.78 is 43.4. The Balaban J connectivity index is 1.48. The van der Waals surface area contributed by atoms with E-state index in [-0.39, 0.29) is 29.8 Å². The second kappa shape index (κ2) is 10.7. The average Bonchev–Trinajstić information content (AvgIpc) is 2.82. The molecule has 0 aliphatic carbocycles. The summed E-state index contributed by atoms with van der Waals surface area (Å²) in [5.74, 6) is 1.30. The van der Waals surface area contributed by atoms with Crippen molar-refractivity contribution in [2.75, 3.05) is 40.5 Å². The van der Waals surface area contributed by atoms with Crippen molar-refractivity contribution in [1.82, 2.24) is 9.62 Å². The van der Waals surface area contributed by atoms with Crippen LogP contribution in [0.3, 0.4) is 0 Å². The molecule has 9 heteroatoms. The van der Waals surface area contributed by atoms with Gasteiger partial charge in [-0.1, -0.05) is 17.7 Å². The largest absolute Gasteiger partial charge is 0.493 e. The second-order valence-electron chi connectivity index (χ2n) is 7.65. The molecule has 0 bridgehead atoms. The van der Waals surface area contributed by atoms with E-state index in [0.717, 1.165) is 11.3 Å². The summed E-state index contributed by atoms with van der Waals surface area (Å²) in [5, 5.41) is 2.88. The molecule has 0 unspecified atom stereocenters. The lowest BCUT2D eigenvalue weighted by Gasteiger charge is -2.30. The molecule has 1 aliphatic heterocycles. The molecule has 0 saturated carbocycles. The minimum atomic E-state index is -3.68. The molecule has 0 atom stereocenters. The Bertz CT molecular complexity index is 1020. The van der Waals surface area contributed by atoms with E-state index in [9.17, 15) is 13.2 Å². The van der Waals surface area contributed by atoms with Crippen molar-refractivity contribution >= 4 is 15.9 Å². The third kappa shape index (κ3) is 5.72. The summed E-state index contributed by atoms with van der Waals surface area (Å²) in [6.45, 7) is 3.36. The first-order valence-corrected chi connectivity index (χ1v) is 12.0. The van der Waals surface area contributed by atoms with E-state index in [4.69, 9.17) is 14.2 Å². The molecule has 0 spiro atoms. The van der Waals surface area contributed by atoms with E-state index in [0.29, 0.717) is 37.5 Å². The van der Waals surface area contributed by atoms with Crippen LogP contribution < -0.4 is 19.5 Å². The second-order valence-corrected chi connectivity index (χ2v) is 9.59. The van der Waals surface area contributed by atoms with Gasteiger partial charge in [-0.3, -0.25) is 4.79 Å². The average molecular weight is 463 g/mol. The Labute approximate surface area is 189 Å². The van der Waals surface area contributed by atoms with Gasteiger partial charge in [-0.05, 0) is 44.0 Å². The Morgan fingerprint density at radius 1 is 1.03 bits per heavy atom. The zero-order valence-electron chi connectivity index (χ0n) is 18.7. The number of carbonyl (C=O) groups is 1. The number of hydrogen-bond donors (Lipinski definition) is 1. The Morgan fingerprint density at radius 2 is 1.69 bits per heavy atom. The monoisotopic (exact) mass is 462 g/mol. The van der Waals surface area contributed by atoms with Crippen molar-refractivity contribution in [3.05, 3.63) is 48.0 Å². The van der Waals surface area contributed by atoms with E-state index in [1.807, 2.05) is 31.2 Å². The molecule has 32 heavy (non-hydrogen) atoms. The number of carbonyl (C=O) groups excluding carboxylic acids is 1. The van der Waals surface area contributed by atoms with Crippen molar-refractivity contribution in [3.8, 4) is 17.2 Å². The molecule has 1 fully saturated rings. The van der Waals surface area contributed by atoms with Crippen LogP contribution in [0.15, 0.2) is 47.4 Å². The van der Waals surface area contributed by atoms with E-state index >= 15 is 0 Å². The highest BCUT2D eigenvalue weighted by Crippen LogP contribution is 2.32. The van der Waals surface area contributed by atoms with Crippen LogP contribution in [-0.4, -0.2) is 59.1 Å². The molecular weight excluding hydrogens is 432 g/mol. The number of hydrogen-bond acceptors (Lipinski definition) is 6. The smallest absolute Gasteiger partial charge is 0.243 e. The Kier molecular flexibility index (Phi) is 7.98. The van der Waals surface area contributed by atoms with Crippen LogP contribution in [0, 0.1) is 12.8 Å². The Morgan fingerprint density at radius 3 is 2.31 bits per heavy atom. The van der Waals surface area contributed by atoms with Crippen molar-refractivity contribution in [2.45, 2.75) is 24.7 Å². The molecule has 1 aliphatic rings. The van der Waals surface area contributed by atoms with Gasteiger partial charge in [0.1, 0.15) is 12.4 Å². The fourth-order valence-corrected chi connectivity index (χ4v) is 5.09. The van der Waals surface area contributed by atoms with Crippen molar-refractivity contribution in [2.24, 2.45) is 5.92 Å². The molecule has 8 nitrogen and oxygen atoms in total. The van der Waals surface area contributed by atoms with Crippen LogP contribution in [0.25, 0.3) is 0 Å². The Hall–Kier alpha value is -2.78. The summed E-state index contributed by atoms with van der Waals surface area (Å²) in [6, 6.07) is 12.3. The minimum absolute atomic E-state index is 0.0688. The lowest BCUT2D eigenvalue weighted by Crippen LogP contribution is -2.43. The van der Waals surface area contributed by atoms with Crippen LogP contribution >= 0.6 is 0 Å². The van der Waals surface area contributed by atoms with Gasteiger partial charge >= 0.3 is 0 Å². The van der Waals surface area contributed by atoms with Crippen molar-refractivity contribution in [3.63, 3.8) is 0 Å². The molecule has 3 rings (SSSR count). The number of ether oxygens (including phenoxy) is 3. The molecule has 1 heterocycles. The minimum Gasteiger partial charge on any atom is -0.493 e. The maximum absolute atomic E-state index is 13.0. The summed E-state index contributed by atoms with van der Waals surface area (Å²) in [7, 11) is -0.718. The van der Waals surface area contributed by atoms with Crippen molar-refractivity contribution < 1.29 is 27.4 Å². The van der Waals surface area contributed by atoms with Gasteiger partial charge in [0.2, 0.25) is 15.9 Å². The summed E-state index contributed by atoms with van der Waals surface area (Å²) in [6.07, 6.45) is 0.939. The molecule has 0 radical (unpaired) electrons. The number of methoxy groups -OCH3 is 2. The number of benzene rings is 2. The highest BCUT2D eigenvalue weighted by atomic mass is 32.2. The maximum Gasteiger partial charge on any atom is 0.243 e. The summed E-state index contributed by atoms with van der Waals surface area (Å²) >= 11 is 0. The van der Waals surface area contributed by atoms with Crippen molar-refractivity contribution in [1.29, 1.82) is 0 Å². The third-order valence-corrected chi connectivity index (χ3v) is 7.40. The number of nitrogens with one attached hydrogen (secondary N) is 1. The van der Waals surface area contributed by atoms with Gasteiger partial charge in [0.15, 0.2) is 11.5 Å². The SMILES string of the molecule is COc1ccc(S(=O)(=O)N2CCC(C(=O)NCCOc3ccc(C)cc3)CC2)cc1OC. The number of nitrogens with zero attached hydrogens (tertiary/aromatic N) is 1. The topological polar surface area (TPSA) is 94.2 Å². The number of amides is 1. The molecule has 0 aromatic heterocycles. The molecule has 1 amide bonds. The summed E-state index contributed by atoms with van der Waals surface area (Å²) in [4.78, 5) is 12.6. The first-order chi connectivity index (χ1) is 15.3. The first-order valence-electron chi connectivity index (χ1n) is 10.5. The van der Waals surface area contributed by atoms with Gasteiger partial charge in [-0.25, -0.2) is 8.42 Å². The number of sulfonamides is 1. The van der Waals surface area contributed by atoms with E-state index in [2.05, 4.69) is 5.32 Å². The molecule has 174 valence electrons. The third-order valence-electron chi connectivity index (χ3n) is 5.51. The zero-order valence-corrected chi connectivity index (χ0v) is 19.5. The molecule has 2 aromatic rings. The van der Waals surface area contributed by atoms with Crippen LogP contribution in [-0.2, 0) is 14.8 Å². The van der Waals surface area contributed by atoms with Gasteiger partial charge in [0, 0.05) is 25.1 Å². The number of piperidine rings is 1. The quantitative estimate of drug-likeness (QED) is 0.576. The van der Waals surface area contributed by atoms with Gasteiger partial charge < -0.3 is 19.5 Å². The predicted octanol–water partition coefficient (Wildman–Crippen LogP) is 2.61. The van der Waals surface area contributed by atoms with E-state index in [1.165, 1.54) is 30.7 Å². The summed E-state index contributed by atoms with van der Waals surface area (Å²) in [5.41, 5.74) is 1.16. The lowest BCUT2D eigenvalue weighted by molar-refractivity contribution is -0.126. The van der Waals surface area contributed by atoms with E-state index < -0.39 is 10.0 Å². The number of rotatable bonds is 9. The number of aryl methyl sites for hydroxylation is 1. The van der Waals surface area contributed by atoms with Crippen LogP contribution in [0.1, 0.15) is 18.4 Å². The highest BCUT2D eigenvalue weighted by Gasteiger charge is 2.32. The standard InChI is InChI=1S/C23H30N2O6S/c1-17-4-6-19(7-5-17)31-15-12-24-23(26)18-10-13-25(14-11-18)32(27,28)20-8-9-21(29-2)22(16-20)30-3/h4-9,16,18H,10-15H2,1-3H3,(H,24,26). The lowest BCUT2D eigenvalue weighted by atomic mass is 9.97. The van der Waals surface area contributed by atoms with Crippen LogP contribution in [0.2, 0.25) is 0 Å². The van der Waals surface area contributed by atoms with Gasteiger partial charge in [0.25, 0.3) is 0 Å².